The Morgan fingerprint density at radius 2 is 2.15 bits per heavy atom. The van der Waals surface area contributed by atoms with E-state index in [-0.39, 0.29) is 35.2 Å². The second-order valence-corrected chi connectivity index (χ2v) is 6.01. The molecule has 0 bridgehead atoms. The third-order valence-electron chi connectivity index (χ3n) is 2.36. The first kappa shape index (κ1) is 16.9. The minimum Gasteiger partial charge on any atom is -0.394 e. The zero-order valence-electron chi connectivity index (χ0n) is 10.7. The van der Waals surface area contributed by atoms with E-state index in [1.807, 2.05) is 6.07 Å². The van der Waals surface area contributed by atoms with E-state index in [2.05, 4.69) is 4.72 Å². The maximum atomic E-state index is 11.9. The average molecular weight is 319 g/mol. The third-order valence-corrected chi connectivity index (χ3v) is 4.14. The van der Waals surface area contributed by atoms with E-state index < -0.39 is 10.0 Å². The second-order valence-electron chi connectivity index (χ2n) is 3.84. The van der Waals surface area contributed by atoms with Crippen molar-refractivity contribution in [1.82, 2.24) is 4.72 Å². The lowest BCUT2D eigenvalue weighted by Crippen LogP contribution is -2.25. The van der Waals surface area contributed by atoms with Crippen LogP contribution in [0.25, 0.3) is 0 Å². The molecule has 1 aromatic rings. The van der Waals surface area contributed by atoms with Gasteiger partial charge in [-0.15, -0.1) is 0 Å². The molecule has 0 heterocycles. The third kappa shape index (κ3) is 5.07. The molecule has 0 saturated heterocycles. The Morgan fingerprint density at radius 3 is 2.75 bits per heavy atom. The van der Waals surface area contributed by atoms with Gasteiger partial charge in [0.15, 0.2) is 0 Å². The van der Waals surface area contributed by atoms with Crippen LogP contribution in [0, 0.1) is 11.3 Å². The van der Waals surface area contributed by atoms with Crippen molar-refractivity contribution >= 4 is 21.6 Å². The van der Waals surface area contributed by atoms with Crippen molar-refractivity contribution in [3.8, 4) is 6.07 Å². The predicted octanol–water partition coefficient (Wildman–Crippen LogP) is 0.889. The van der Waals surface area contributed by atoms with Gasteiger partial charge in [-0.1, -0.05) is 11.6 Å². The lowest BCUT2D eigenvalue weighted by atomic mass is 10.2. The minimum atomic E-state index is -3.65. The molecule has 0 atom stereocenters. The van der Waals surface area contributed by atoms with Gasteiger partial charge in [-0.05, 0) is 24.6 Å². The van der Waals surface area contributed by atoms with E-state index in [1.165, 1.54) is 18.2 Å². The highest BCUT2D eigenvalue weighted by Crippen LogP contribution is 2.19. The monoisotopic (exact) mass is 318 g/mol. The van der Waals surface area contributed by atoms with Crippen molar-refractivity contribution in [3.05, 3.63) is 28.8 Å². The summed E-state index contributed by atoms with van der Waals surface area (Å²) in [6.07, 6.45) is 0.489. The molecule has 6 nitrogen and oxygen atoms in total. The van der Waals surface area contributed by atoms with Gasteiger partial charge in [0.25, 0.3) is 0 Å². The molecule has 1 aromatic carbocycles. The van der Waals surface area contributed by atoms with Crippen LogP contribution in [0.15, 0.2) is 23.1 Å². The van der Waals surface area contributed by atoms with Crippen LogP contribution < -0.4 is 4.72 Å². The lowest BCUT2D eigenvalue weighted by molar-refractivity contribution is 0.0913. The fourth-order valence-electron chi connectivity index (χ4n) is 1.38. The highest BCUT2D eigenvalue weighted by molar-refractivity contribution is 7.89. The summed E-state index contributed by atoms with van der Waals surface area (Å²) in [5.74, 6) is 0. The Balaban J connectivity index is 2.57. The maximum absolute atomic E-state index is 11.9. The molecule has 20 heavy (non-hydrogen) atoms. The Hall–Kier alpha value is -1.17. The topological polar surface area (TPSA) is 99.4 Å². The van der Waals surface area contributed by atoms with E-state index in [0.29, 0.717) is 13.0 Å². The van der Waals surface area contributed by atoms with Crippen LogP contribution in [-0.2, 0) is 14.8 Å². The fraction of sp³-hybridized carbons (Fsp3) is 0.417. The molecule has 8 heteroatoms. The number of hydrogen-bond donors (Lipinski definition) is 2. The normalized spacial score (nSPS) is 11.2. The Morgan fingerprint density at radius 1 is 1.40 bits per heavy atom. The number of aliphatic hydroxyl groups is 1. The van der Waals surface area contributed by atoms with Gasteiger partial charge in [-0.25, -0.2) is 13.1 Å². The Labute approximate surface area is 123 Å². The Kier molecular flexibility index (Phi) is 6.91. The number of halogens is 1. The number of nitrogens with zero attached hydrogens (tertiary/aromatic N) is 1. The molecule has 0 unspecified atom stereocenters. The van der Waals surface area contributed by atoms with E-state index in [0.717, 1.165) is 0 Å². The highest BCUT2D eigenvalue weighted by Gasteiger charge is 2.14. The molecule has 0 amide bonds. The van der Waals surface area contributed by atoms with Crippen LogP contribution in [-0.4, -0.2) is 39.9 Å². The summed E-state index contributed by atoms with van der Waals surface area (Å²) in [4.78, 5) is 0.0118. The van der Waals surface area contributed by atoms with Gasteiger partial charge < -0.3 is 9.84 Å². The molecule has 0 saturated carbocycles. The standard InChI is InChI=1S/C12H15ClN2O4S/c13-12-8-11(3-2-10(12)9-14)20(17,18)15-4-1-6-19-7-5-16/h2-3,8,15-16H,1,4-7H2. The molecule has 0 aliphatic heterocycles. The van der Waals surface area contributed by atoms with Gasteiger partial charge in [0, 0.05) is 13.2 Å². The average Bonchev–Trinajstić information content (AvgIpc) is 2.42. The van der Waals surface area contributed by atoms with Crippen LogP contribution in [0.5, 0.6) is 0 Å². The zero-order chi connectivity index (χ0) is 15.0. The smallest absolute Gasteiger partial charge is 0.240 e. The summed E-state index contributed by atoms with van der Waals surface area (Å²) in [5.41, 5.74) is 0.225. The molecule has 0 spiro atoms. The second kappa shape index (κ2) is 8.19. The Bertz CT molecular complexity index is 584. The molecule has 0 radical (unpaired) electrons. The number of hydrogen-bond acceptors (Lipinski definition) is 5. The number of nitrogens with one attached hydrogen (secondary N) is 1. The van der Waals surface area contributed by atoms with E-state index >= 15 is 0 Å². The van der Waals surface area contributed by atoms with Gasteiger partial charge in [-0.2, -0.15) is 5.26 Å². The predicted molar refractivity (Wildman–Crippen MR) is 73.9 cm³/mol. The molecule has 0 aliphatic carbocycles. The number of rotatable bonds is 8. The lowest BCUT2D eigenvalue weighted by Gasteiger charge is -2.07. The van der Waals surface area contributed by atoms with Crippen molar-refractivity contribution in [2.24, 2.45) is 0 Å². The van der Waals surface area contributed by atoms with Crippen LogP contribution in [0.4, 0.5) is 0 Å². The summed E-state index contributed by atoms with van der Waals surface area (Å²) in [7, 11) is -3.65. The molecule has 1 rings (SSSR count). The molecule has 0 aliphatic rings. The summed E-state index contributed by atoms with van der Waals surface area (Å²) in [6.45, 7) is 0.746. The van der Waals surface area contributed by atoms with E-state index in [4.69, 9.17) is 26.7 Å². The summed E-state index contributed by atoms with van der Waals surface area (Å²) < 4.78 is 31.3. The SMILES string of the molecule is N#Cc1ccc(S(=O)(=O)NCCCOCCO)cc1Cl. The van der Waals surface area contributed by atoms with Crippen LogP contribution >= 0.6 is 11.6 Å². The largest absolute Gasteiger partial charge is 0.394 e. The zero-order valence-corrected chi connectivity index (χ0v) is 12.2. The molecule has 0 aromatic heterocycles. The number of sulfonamides is 1. The first-order chi connectivity index (χ1) is 9.51. The first-order valence-electron chi connectivity index (χ1n) is 5.89. The van der Waals surface area contributed by atoms with Crippen LogP contribution in [0.2, 0.25) is 5.02 Å². The summed E-state index contributed by atoms with van der Waals surface area (Å²) in [6, 6.07) is 5.79. The first-order valence-corrected chi connectivity index (χ1v) is 7.75. The molecular formula is C12H15ClN2O4S. The van der Waals surface area contributed by atoms with Crippen molar-refractivity contribution < 1.29 is 18.3 Å². The number of nitriles is 1. The van der Waals surface area contributed by atoms with Gasteiger partial charge in [0.1, 0.15) is 6.07 Å². The fourth-order valence-corrected chi connectivity index (χ4v) is 2.77. The molecule has 0 fully saturated rings. The van der Waals surface area contributed by atoms with Crippen molar-refractivity contribution in [1.29, 1.82) is 5.26 Å². The number of benzene rings is 1. The molecule has 110 valence electrons. The number of ether oxygens (including phenoxy) is 1. The number of aliphatic hydroxyl groups excluding tert-OH is 1. The quantitative estimate of drug-likeness (QED) is 0.693. The van der Waals surface area contributed by atoms with Crippen LogP contribution in [0.1, 0.15) is 12.0 Å². The van der Waals surface area contributed by atoms with Crippen molar-refractivity contribution in [2.45, 2.75) is 11.3 Å². The summed E-state index contributed by atoms with van der Waals surface area (Å²) in [5, 5.41) is 17.3. The molecular weight excluding hydrogens is 304 g/mol. The minimum absolute atomic E-state index is 0.0118. The van der Waals surface area contributed by atoms with Gasteiger partial charge in [0.2, 0.25) is 10.0 Å². The van der Waals surface area contributed by atoms with Gasteiger partial charge in [-0.3, -0.25) is 0 Å². The molecule has 2 N–H and O–H groups in total. The summed E-state index contributed by atoms with van der Waals surface area (Å²) >= 11 is 5.80. The highest BCUT2D eigenvalue weighted by atomic mass is 35.5. The van der Waals surface area contributed by atoms with E-state index in [9.17, 15) is 8.42 Å². The van der Waals surface area contributed by atoms with Gasteiger partial charge >= 0.3 is 0 Å². The van der Waals surface area contributed by atoms with Crippen molar-refractivity contribution in [3.63, 3.8) is 0 Å². The maximum Gasteiger partial charge on any atom is 0.240 e. The van der Waals surface area contributed by atoms with Crippen LogP contribution in [0.3, 0.4) is 0 Å². The van der Waals surface area contributed by atoms with Gasteiger partial charge in [0.05, 0.1) is 28.7 Å². The van der Waals surface area contributed by atoms with Crippen molar-refractivity contribution in [2.75, 3.05) is 26.4 Å². The van der Waals surface area contributed by atoms with E-state index in [1.54, 1.807) is 0 Å².